The number of amides is 2. The molecule has 2 aromatic carbocycles. The third-order valence-corrected chi connectivity index (χ3v) is 6.18. The van der Waals surface area contributed by atoms with Gasteiger partial charge in [-0.15, -0.1) is 0 Å². The predicted octanol–water partition coefficient (Wildman–Crippen LogP) is 2.52. The van der Waals surface area contributed by atoms with Gasteiger partial charge in [0.25, 0.3) is 0 Å². The van der Waals surface area contributed by atoms with E-state index in [0.29, 0.717) is 5.69 Å². The number of hydrogen-bond acceptors (Lipinski definition) is 4. The van der Waals surface area contributed by atoms with Gasteiger partial charge < -0.3 is 10.2 Å². The van der Waals surface area contributed by atoms with Crippen LogP contribution in [0.3, 0.4) is 0 Å². The Morgan fingerprint density at radius 3 is 2.27 bits per heavy atom. The van der Waals surface area contributed by atoms with E-state index in [1.807, 2.05) is 0 Å². The topological polar surface area (TPSA) is 86.8 Å². The van der Waals surface area contributed by atoms with Gasteiger partial charge in [0.2, 0.25) is 21.8 Å². The number of sulfonamides is 1. The van der Waals surface area contributed by atoms with E-state index in [1.54, 1.807) is 30.3 Å². The maximum atomic E-state index is 14.2. The molecule has 2 aromatic rings. The lowest BCUT2D eigenvalue weighted by atomic mass is 10.1. The molecule has 0 aliphatic carbocycles. The molecule has 1 atom stereocenters. The number of halogens is 2. The number of anilines is 1. The average Bonchev–Trinajstić information content (AvgIpc) is 2.70. The molecule has 0 heterocycles. The summed E-state index contributed by atoms with van der Waals surface area (Å²) in [6, 6.07) is 11.4. The molecular formula is C20H23BrFN3O4S. The van der Waals surface area contributed by atoms with Gasteiger partial charge in [-0.1, -0.05) is 34.1 Å². The Morgan fingerprint density at radius 2 is 1.73 bits per heavy atom. The summed E-state index contributed by atoms with van der Waals surface area (Å²) in [4.78, 5) is 26.5. The molecule has 0 saturated heterocycles. The minimum atomic E-state index is -3.80. The zero-order valence-corrected chi connectivity index (χ0v) is 19.2. The molecule has 0 unspecified atom stereocenters. The summed E-state index contributed by atoms with van der Waals surface area (Å²) in [5.41, 5.74) is 0.517. The Morgan fingerprint density at radius 1 is 1.13 bits per heavy atom. The number of benzene rings is 2. The van der Waals surface area contributed by atoms with Crippen LogP contribution in [0.4, 0.5) is 10.1 Å². The van der Waals surface area contributed by atoms with Gasteiger partial charge in [-0.2, -0.15) is 0 Å². The van der Waals surface area contributed by atoms with Crippen LogP contribution in [0, 0.1) is 5.82 Å². The molecule has 0 spiro atoms. The van der Waals surface area contributed by atoms with Gasteiger partial charge in [-0.3, -0.25) is 13.9 Å². The lowest BCUT2D eigenvalue weighted by Gasteiger charge is -2.31. The van der Waals surface area contributed by atoms with Crippen LogP contribution in [-0.2, 0) is 26.2 Å². The molecule has 0 aromatic heterocycles. The van der Waals surface area contributed by atoms with Crippen molar-refractivity contribution in [1.29, 1.82) is 0 Å². The Balaban J connectivity index is 2.38. The van der Waals surface area contributed by atoms with Gasteiger partial charge in [-0.25, -0.2) is 12.8 Å². The molecular weight excluding hydrogens is 477 g/mol. The van der Waals surface area contributed by atoms with Crippen molar-refractivity contribution >= 4 is 43.5 Å². The summed E-state index contributed by atoms with van der Waals surface area (Å²) < 4.78 is 40.6. The van der Waals surface area contributed by atoms with Crippen molar-refractivity contribution in [3.05, 3.63) is 64.4 Å². The van der Waals surface area contributed by atoms with Crippen LogP contribution in [0.2, 0.25) is 0 Å². The molecule has 162 valence electrons. The van der Waals surface area contributed by atoms with E-state index in [0.717, 1.165) is 19.9 Å². The first-order valence-electron chi connectivity index (χ1n) is 9.02. The minimum Gasteiger partial charge on any atom is -0.357 e. The third kappa shape index (κ3) is 6.02. The Labute approximate surface area is 184 Å². The van der Waals surface area contributed by atoms with E-state index in [1.165, 1.54) is 32.2 Å². The minimum absolute atomic E-state index is 0.183. The van der Waals surface area contributed by atoms with E-state index in [4.69, 9.17) is 0 Å². The predicted molar refractivity (Wildman–Crippen MR) is 117 cm³/mol. The van der Waals surface area contributed by atoms with Crippen molar-refractivity contribution in [3.8, 4) is 0 Å². The van der Waals surface area contributed by atoms with Crippen LogP contribution < -0.4 is 9.62 Å². The highest BCUT2D eigenvalue weighted by Gasteiger charge is 2.30. The number of carbonyl (C=O) groups is 2. The summed E-state index contributed by atoms with van der Waals surface area (Å²) >= 11 is 3.28. The molecule has 7 nitrogen and oxygen atoms in total. The average molecular weight is 500 g/mol. The molecule has 0 fully saturated rings. The van der Waals surface area contributed by atoms with Crippen LogP contribution >= 0.6 is 15.9 Å². The maximum Gasteiger partial charge on any atom is 0.244 e. The number of nitrogens with one attached hydrogen (secondary N) is 1. The monoisotopic (exact) mass is 499 g/mol. The Kier molecular flexibility index (Phi) is 7.96. The number of nitrogens with zero attached hydrogens (tertiary/aromatic N) is 2. The molecule has 2 rings (SSSR count). The molecule has 0 aliphatic rings. The fraction of sp³-hybridized carbons (Fsp3) is 0.300. The van der Waals surface area contributed by atoms with Crippen molar-refractivity contribution < 1.29 is 22.4 Å². The fourth-order valence-electron chi connectivity index (χ4n) is 2.82. The highest BCUT2D eigenvalue weighted by Crippen LogP contribution is 2.22. The lowest BCUT2D eigenvalue weighted by molar-refractivity contribution is -0.139. The third-order valence-electron chi connectivity index (χ3n) is 4.51. The van der Waals surface area contributed by atoms with Crippen molar-refractivity contribution in [2.24, 2.45) is 0 Å². The quantitative estimate of drug-likeness (QED) is 0.604. The second kappa shape index (κ2) is 10.0. The molecule has 0 saturated carbocycles. The van der Waals surface area contributed by atoms with Crippen LogP contribution in [0.25, 0.3) is 0 Å². The first kappa shape index (κ1) is 23.8. The van der Waals surface area contributed by atoms with Crippen molar-refractivity contribution in [3.63, 3.8) is 0 Å². The van der Waals surface area contributed by atoms with Crippen molar-refractivity contribution in [2.75, 3.05) is 24.2 Å². The second-order valence-corrected chi connectivity index (χ2v) is 9.47. The number of likely N-dealkylation sites (N-methyl/N-ethyl adjacent to an activating group) is 1. The van der Waals surface area contributed by atoms with E-state index in [2.05, 4.69) is 21.2 Å². The fourth-order valence-corrected chi connectivity index (χ4v) is 3.94. The molecule has 2 amide bonds. The number of hydrogen-bond donors (Lipinski definition) is 1. The van der Waals surface area contributed by atoms with Crippen LogP contribution in [0.5, 0.6) is 0 Å². The molecule has 0 bridgehead atoms. The van der Waals surface area contributed by atoms with Gasteiger partial charge in [-0.05, 0) is 37.3 Å². The van der Waals surface area contributed by atoms with Crippen molar-refractivity contribution in [1.82, 2.24) is 10.2 Å². The largest absolute Gasteiger partial charge is 0.357 e. The maximum absolute atomic E-state index is 14.2. The molecule has 0 radical (unpaired) electrons. The van der Waals surface area contributed by atoms with E-state index < -0.39 is 40.2 Å². The molecule has 30 heavy (non-hydrogen) atoms. The molecule has 1 N–H and O–H groups in total. The van der Waals surface area contributed by atoms with Gasteiger partial charge in [0.15, 0.2) is 0 Å². The second-order valence-electron chi connectivity index (χ2n) is 6.65. The highest BCUT2D eigenvalue weighted by atomic mass is 79.9. The summed E-state index contributed by atoms with van der Waals surface area (Å²) in [7, 11) is -2.37. The first-order valence-corrected chi connectivity index (χ1v) is 11.7. The lowest BCUT2D eigenvalue weighted by Crippen LogP contribution is -2.50. The van der Waals surface area contributed by atoms with Crippen LogP contribution in [-0.4, -0.2) is 51.0 Å². The van der Waals surface area contributed by atoms with Gasteiger partial charge in [0.1, 0.15) is 18.4 Å². The normalized spacial score (nSPS) is 12.2. The number of rotatable bonds is 8. The number of carbonyl (C=O) groups excluding carboxylic acids is 2. The molecule has 10 heteroatoms. The summed E-state index contributed by atoms with van der Waals surface area (Å²) in [5.74, 6) is -1.61. The summed E-state index contributed by atoms with van der Waals surface area (Å²) in [6.07, 6.45) is 0.992. The van der Waals surface area contributed by atoms with Gasteiger partial charge in [0, 0.05) is 23.6 Å². The SMILES string of the molecule is CNC(=O)[C@H](C)N(Cc1ccccc1F)C(=O)CN(c1ccc(Br)cc1)S(C)(=O)=O. The van der Waals surface area contributed by atoms with Crippen LogP contribution in [0.1, 0.15) is 12.5 Å². The zero-order valence-electron chi connectivity index (χ0n) is 16.8. The summed E-state index contributed by atoms with van der Waals surface area (Å²) in [6.45, 7) is 0.788. The van der Waals surface area contributed by atoms with E-state index >= 15 is 0 Å². The smallest absolute Gasteiger partial charge is 0.244 e. The van der Waals surface area contributed by atoms with Gasteiger partial charge >= 0.3 is 0 Å². The first-order chi connectivity index (χ1) is 14.0. The van der Waals surface area contributed by atoms with Crippen LogP contribution in [0.15, 0.2) is 53.0 Å². The Bertz CT molecular complexity index is 1010. The Hall–Kier alpha value is -2.46. The summed E-state index contributed by atoms with van der Waals surface area (Å²) in [5, 5.41) is 2.46. The molecule has 0 aliphatic heterocycles. The standard InChI is InChI=1S/C20H23BrFN3O4S/c1-14(20(27)23-2)24(12-15-6-4-5-7-18(15)22)19(26)13-25(30(3,28)29)17-10-8-16(21)9-11-17/h4-11,14H,12-13H2,1-3H3,(H,23,27)/t14-/m0/s1. The van der Waals surface area contributed by atoms with Gasteiger partial charge in [0.05, 0.1) is 11.9 Å². The van der Waals surface area contributed by atoms with Crippen molar-refractivity contribution in [2.45, 2.75) is 19.5 Å². The highest BCUT2D eigenvalue weighted by molar-refractivity contribution is 9.10. The zero-order chi connectivity index (χ0) is 22.5. The van der Waals surface area contributed by atoms with E-state index in [-0.39, 0.29) is 12.1 Å². The van der Waals surface area contributed by atoms with E-state index in [9.17, 15) is 22.4 Å².